The van der Waals surface area contributed by atoms with Gasteiger partial charge >= 0.3 is 12.0 Å². The second-order valence-electron chi connectivity index (χ2n) is 7.45. The van der Waals surface area contributed by atoms with E-state index in [0.717, 1.165) is 29.5 Å². The molecule has 5 heteroatoms. The Morgan fingerprint density at radius 1 is 1.38 bits per heavy atom. The smallest absolute Gasteiger partial charge is 0.318 e. The Labute approximate surface area is 156 Å². The summed E-state index contributed by atoms with van der Waals surface area (Å²) in [5.41, 5.74) is 2.54. The van der Waals surface area contributed by atoms with Gasteiger partial charge in [0, 0.05) is 13.1 Å². The topological polar surface area (TPSA) is 58.6 Å². The molecular weight excluding hydrogens is 328 g/mol. The van der Waals surface area contributed by atoms with Gasteiger partial charge in [-0.15, -0.1) is 0 Å². The number of rotatable bonds is 5. The minimum atomic E-state index is -0.528. The number of urea groups is 1. The summed E-state index contributed by atoms with van der Waals surface area (Å²) in [7, 11) is 0. The van der Waals surface area contributed by atoms with Crippen molar-refractivity contribution in [2.24, 2.45) is 5.92 Å². The van der Waals surface area contributed by atoms with E-state index in [4.69, 9.17) is 4.74 Å². The lowest BCUT2D eigenvalue weighted by Crippen LogP contribution is -2.52. The van der Waals surface area contributed by atoms with Crippen LogP contribution in [0.2, 0.25) is 0 Å². The molecule has 0 bridgehead atoms. The van der Waals surface area contributed by atoms with Crippen LogP contribution < -0.4 is 5.32 Å². The van der Waals surface area contributed by atoms with E-state index in [1.807, 2.05) is 39.0 Å². The predicted molar refractivity (Wildman–Crippen MR) is 104 cm³/mol. The number of hydrogen-bond acceptors (Lipinski definition) is 3. The van der Waals surface area contributed by atoms with E-state index in [1.54, 1.807) is 11.8 Å². The molecule has 0 aliphatic carbocycles. The summed E-state index contributed by atoms with van der Waals surface area (Å²) in [6, 6.07) is 7.90. The molecule has 1 aliphatic heterocycles. The third-order valence-corrected chi connectivity index (χ3v) is 4.83. The summed E-state index contributed by atoms with van der Waals surface area (Å²) < 4.78 is 5.11. The zero-order valence-corrected chi connectivity index (χ0v) is 16.3. The summed E-state index contributed by atoms with van der Waals surface area (Å²) >= 11 is 0. The van der Waals surface area contributed by atoms with Crippen LogP contribution in [0.15, 0.2) is 30.8 Å². The first-order valence-electron chi connectivity index (χ1n) is 9.24. The van der Waals surface area contributed by atoms with Gasteiger partial charge in [-0.05, 0) is 57.7 Å². The Kier molecular flexibility index (Phi) is 6.46. The number of ether oxygens (including phenoxy) is 1. The van der Waals surface area contributed by atoms with Gasteiger partial charge in [-0.25, -0.2) is 4.79 Å². The van der Waals surface area contributed by atoms with Crippen molar-refractivity contribution in [2.45, 2.75) is 46.1 Å². The zero-order chi connectivity index (χ0) is 19.3. The number of carbonyl (C=O) groups excluding carboxylic acids is 2. The van der Waals surface area contributed by atoms with Crippen molar-refractivity contribution >= 4 is 17.6 Å². The van der Waals surface area contributed by atoms with Crippen molar-refractivity contribution in [1.29, 1.82) is 0 Å². The number of piperidine rings is 1. The second-order valence-corrected chi connectivity index (χ2v) is 7.45. The lowest BCUT2D eigenvalue weighted by Gasteiger charge is -2.35. The van der Waals surface area contributed by atoms with Gasteiger partial charge in [0.05, 0.1) is 18.1 Å². The molecule has 26 heavy (non-hydrogen) atoms. The van der Waals surface area contributed by atoms with Crippen LogP contribution >= 0.6 is 0 Å². The van der Waals surface area contributed by atoms with Crippen LogP contribution in [0.1, 0.15) is 51.7 Å². The standard InChI is InChI=1S/C21H30N2O3/c1-6-26-19(24)17-10-8-12-23(14-17)20(25)22-21(4,5)18-11-7-9-16(13-18)15(2)3/h7,9,11,13,17H,2,6,8,10,12,14H2,1,3-5H3,(H,22,25)/t17-/m1/s1. The Balaban J connectivity index is 2.06. The Morgan fingerprint density at radius 3 is 2.77 bits per heavy atom. The highest BCUT2D eigenvalue weighted by Crippen LogP contribution is 2.25. The number of esters is 1. The van der Waals surface area contributed by atoms with Gasteiger partial charge in [-0.2, -0.15) is 0 Å². The molecule has 1 atom stereocenters. The number of amides is 2. The van der Waals surface area contributed by atoms with Crippen LogP contribution in [0, 0.1) is 5.92 Å². The van der Waals surface area contributed by atoms with Crippen LogP contribution in [0.4, 0.5) is 4.79 Å². The highest BCUT2D eigenvalue weighted by atomic mass is 16.5. The molecule has 1 aromatic carbocycles. The van der Waals surface area contributed by atoms with Crippen molar-refractivity contribution in [3.8, 4) is 0 Å². The molecule has 1 saturated heterocycles. The molecule has 1 N–H and O–H groups in total. The van der Waals surface area contributed by atoms with Crippen molar-refractivity contribution in [1.82, 2.24) is 10.2 Å². The van der Waals surface area contributed by atoms with Crippen molar-refractivity contribution in [2.75, 3.05) is 19.7 Å². The van der Waals surface area contributed by atoms with Crippen LogP contribution in [-0.4, -0.2) is 36.6 Å². The van der Waals surface area contributed by atoms with Crippen LogP contribution in [0.3, 0.4) is 0 Å². The first kappa shape index (κ1) is 20.0. The van der Waals surface area contributed by atoms with E-state index in [1.165, 1.54) is 0 Å². The third kappa shape index (κ3) is 4.87. The number of carbonyl (C=O) groups is 2. The second kappa shape index (κ2) is 8.39. The number of benzene rings is 1. The monoisotopic (exact) mass is 358 g/mol. The summed E-state index contributed by atoms with van der Waals surface area (Å²) in [4.78, 5) is 26.5. The number of nitrogens with zero attached hydrogens (tertiary/aromatic N) is 1. The van der Waals surface area contributed by atoms with Crippen LogP contribution in [-0.2, 0) is 15.1 Å². The minimum Gasteiger partial charge on any atom is -0.466 e. The lowest BCUT2D eigenvalue weighted by molar-refractivity contribution is -0.149. The molecule has 1 aromatic rings. The van der Waals surface area contributed by atoms with E-state index in [0.29, 0.717) is 19.7 Å². The van der Waals surface area contributed by atoms with Gasteiger partial charge in [0.25, 0.3) is 0 Å². The SMILES string of the molecule is C=C(C)c1cccc(C(C)(C)NC(=O)N2CCC[C@@H](C(=O)OCC)C2)c1. The van der Waals surface area contributed by atoms with Crippen LogP contribution in [0.25, 0.3) is 5.57 Å². The summed E-state index contributed by atoms with van der Waals surface area (Å²) in [6.07, 6.45) is 1.58. The lowest BCUT2D eigenvalue weighted by atomic mass is 9.91. The Hall–Kier alpha value is -2.30. The molecule has 0 saturated carbocycles. The van der Waals surface area contributed by atoms with Gasteiger partial charge < -0.3 is 15.0 Å². The van der Waals surface area contributed by atoms with Gasteiger partial charge in [-0.1, -0.05) is 30.4 Å². The molecule has 142 valence electrons. The first-order chi connectivity index (χ1) is 12.2. The van der Waals surface area contributed by atoms with E-state index in [2.05, 4.69) is 18.0 Å². The molecule has 2 amide bonds. The summed E-state index contributed by atoms with van der Waals surface area (Å²) in [6.45, 7) is 13.1. The molecule has 1 heterocycles. The first-order valence-corrected chi connectivity index (χ1v) is 9.24. The molecule has 0 unspecified atom stereocenters. The number of hydrogen-bond donors (Lipinski definition) is 1. The quantitative estimate of drug-likeness (QED) is 0.811. The average molecular weight is 358 g/mol. The molecule has 0 aromatic heterocycles. The molecule has 0 radical (unpaired) electrons. The summed E-state index contributed by atoms with van der Waals surface area (Å²) in [5, 5.41) is 3.11. The Morgan fingerprint density at radius 2 is 2.12 bits per heavy atom. The summed E-state index contributed by atoms with van der Waals surface area (Å²) in [5.74, 6) is -0.442. The highest BCUT2D eigenvalue weighted by Gasteiger charge is 2.32. The molecule has 5 nitrogen and oxygen atoms in total. The third-order valence-electron chi connectivity index (χ3n) is 4.83. The molecule has 1 aliphatic rings. The molecule has 2 rings (SSSR count). The number of allylic oxidation sites excluding steroid dienone is 1. The minimum absolute atomic E-state index is 0.148. The van der Waals surface area contributed by atoms with Gasteiger partial charge in [0.2, 0.25) is 0 Å². The maximum absolute atomic E-state index is 12.8. The van der Waals surface area contributed by atoms with Crippen molar-refractivity contribution in [3.63, 3.8) is 0 Å². The maximum Gasteiger partial charge on any atom is 0.318 e. The van der Waals surface area contributed by atoms with Gasteiger partial charge in [0.1, 0.15) is 0 Å². The Bertz CT molecular complexity index is 682. The fourth-order valence-electron chi connectivity index (χ4n) is 3.21. The fraction of sp³-hybridized carbons (Fsp3) is 0.524. The molecular formula is C21H30N2O3. The fourth-order valence-corrected chi connectivity index (χ4v) is 3.21. The highest BCUT2D eigenvalue weighted by molar-refractivity contribution is 5.78. The van der Waals surface area contributed by atoms with Crippen molar-refractivity contribution in [3.05, 3.63) is 42.0 Å². The number of likely N-dealkylation sites (tertiary alicyclic amines) is 1. The maximum atomic E-state index is 12.8. The van der Waals surface area contributed by atoms with E-state index in [9.17, 15) is 9.59 Å². The molecule has 1 fully saturated rings. The number of nitrogens with one attached hydrogen (secondary N) is 1. The van der Waals surface area contributed by atoms with Crippen LogP contribution in [0.5, 0.6) is 0 Å². The largest absolute Gasteiger partial charge is 0.466 e. The predicted octanol–water partition coefficient (Wildman–Crippen LogP) is 3.94. The van der Waals surface area contributed by atoms with E-state index < -0.39 is 5.54 Å². The van der Waals surface area contributed by atoms with Gasteiger partial charge in [-0.3, -0.25) is 4.79 Å². The van der Waals surface area contributed by atoms with E-state index >= 15 is 0 Å². The average Bonchev–Trinajstić information content (AvgIpc) is 2.61. The zero-order valence-electron chi connectivity index (χ0n) is 16.3. The van der Waals surface area contributed by atoms with Gasteiger partial charge in [0.15, 0.2) is 0 Å². The molecule has 0 spiro atoms. The normalized spacial score (nSPS) is 17.5. The van der Waals surface area contributed by atoms with Crippen molar-refractivity contribution < 1.29 is 14.3 Å². The van der Waals surface area contributed by atoms with E-state index in [-0.39, 0.29) is 17.9 Å².